The van der Waals surface area contributed by atoms with E-state index in [0.717, 1.165) is 99.3 Å². The Kier molecular flexibility index (Phi) is 27.0. The molecule has 4 aliphatic carbocycles. The maximum Gasteiger partial charge on any atom is 0.278 e. The van der Waals surface area contributed by atoms with Crippen molar-refractivity contribution in [2.45, 2.75) is 105 Å². The number of hydrogen-bond donors (Lipinski definition) is 0. The van der Waals surface area contributed by atoms with E-state index in [4.69, 9.17) is 176 Å². The first kappa shape index (κ1) is 89.8. The van der Waals surface area contributed by atoms with E-state index < -0.39 is 0 Å². The molecule has 16 aromatic rings. The van der Waals surface area contributed by atoms with Crippen LogP contribution in [0.1, 0.15) is 99.3 Å². The second kappa shape index (κ2) is 38.5. The normalized spacial score (nSPS) is 16.2. The minimum atomic E-state index is 0.241. The van der Waals surface area contributed by atoms with E-state index in [1.165, 1.54) is 22.3 Å². The predicted molar refractivity (Wildman–Crippen MR) is 503 cm³/mol. The molecule has 0 aliphatic heterocycles. The van der Waals surface area contributed by atoms with Crippen molar-refractivity contribution in [1.29, 1.82) is 0 Å². The minimum absolute atomic E-state index is 0.241. The van der Waals surface area contributed by atoms with Crippen LogP contribution in [0.2, 0.25) is 60.3 Å². The van der Waals surface area contributed by atoms with Gasteiger partial charge in [-0.25, -0.2) is 19.9 Å². The van der Waals surface area contributed by atoms with E-state index >= 15 is 0 Å². The van der Waals surface area contributed by atoms with Gasteiger partial charge in [-0.2, -0.15) is 19.9 Å². The van der Waals surface area contributed by atoms with E-state index in [1.807, 2.05) is 94.4 Å². The topological polar surface area (TPSA) is 262 Å². The fraction of sp³-hybridized carbons (Fsp3) is 0.261. The third-order valence-corrected chi connectivity index (χ3v) is 25.6. The molecule has 4 aromatic carbocycles. The molecule has 128 heavy (non-hydrogen) atoms. The molecule has 0 spiro atoms. The van der Waals surface area contributed by atoms with Gasteiger partial charge in [0.25, 0.3) is 23.6 Å². The third-order valence-electron chi connectivity index (χ3n) is 22.0. The number of rotatable bonds is 20. The van der Waals surface area contributed by atoms with Gasteiger partial charge in [0, 0.05) is 90.5 Å². The zero-order valence-corrected chi connectivity index (χ0v) is 78.0. The number of hydrogen-bond acceptors (Lipinski definition) is 20. The molecular formula is C92H76Cl12N16O8. The quantitative estimate of drug-likeness (QED) is 0.0642. The van der Waals surface area contributed by atoms with Crippen LogP contribution in [0.15, 0.2) is 189 Å². The molecule has 24 nitrogen and oxygen atoms in total. The summed E-state index contributed by atoms with van der Waals surface area (Å²) >= 11 is 77.0. The van der Waals surface area contributed by atoms with Crippen LogP contribution in [-0.4, -0.2) is 105 Å². The molecule has 36 heteroatoms. The molecule has 0 radical (unpaired) electrons. The van der Waals surface area contributed by atoms with Gasteiger partial charge in [-0.05, 0) is 199 Å². The van der Waals surface area contributed by atoms with E-state index in [-0.39, 0.29) is 23.6 Å². The van der Waals surface area contributed by atoms with Crippen LogP contribution >= 0.6 is 139 Å². The lowest BCUT2D eigenvalue weighted by Gasteiger charge is -2.13. The summed E-state index contributed by atoms with van der Waals surface area (Å²) in [4.78, 5) is 35.8. The van der Waals surface area contributed by atoms with Crippen LogP contribution in [-0.2, 0) is 0 Å². The van der Waals surface area contributed by atoms with Gasteiger partial charge in [0.2, 0.25) is 23.3 Å². The molecule has 0 amide bonds. The third kappa shape index (κ3) is 20.4. The van der Waals surface area contributed by atoms with Crippen molar-refractivity contribution >= 4 is 162 Å². The number of nitrogens with zero attached hydrogens (tertiary/aromatic N) is 16. The molecule has 4 fully saturated rings. The van der Waals surface area contributed by atoms with Crippen molar-refractivity contribution < 1.29 is 37.0 Å². The number of pyridine rings is 4. The second-order valence-corrected chi connectivity index (χ2v) is 37.2. The summed E-state index contributed by atoms with van der Waals surface area (Å²) in [5.74, 6) is 6.23. The molecule has 0 bridgehead atoms. The molecule has 12 heterocycles. The Morgan fingerprint density at radius 2 is 0.523 bits per heavy atom. The summed E-state index contributed by atoms with van der Waals surface area (Å²) < 4.78 is 52.7. The molecule has 0 saturated heterocycles. The van der Waals surface area contributed by atoms with Gasteiger partial charge in [-0.15, -0.1) is 0 Å². The largest absolute Gasteiger partial charge is 0.492 e. The zero-order valence-electron chi connectivity index (χ0n) is 69.0. The SMILES string of the molecule is C=C1CCC(COc2cc(Cl)c(-c3noc(-c4cn5cc(C)cc(Cl)c5n4)n3)cc2Cl)C1.C=C1CC[C@@H](COc2cc(Cl)c(-c3nc(-c4cn5cc(C)cc(Cl)c5n4)no3)cc2Cl)C1.C=C1CC[C@@H](COc2cc(Cl)c(-c3noc(-c4cn5cc(C)cc(Cl)c5n4)n3)cc2Cl)C1.C=C1CC[C@H](COc2cc(Cl)c(-c3noc(-c4cn5cc(C)cc(Cl)c5n4)n3)cc2Cl)C1. The Bertz CT molecular complexity index is 6200. The first-order valence-electron chi connectivity index (χ1n) is 40.6. The lowest BCUT2D eigenvalue weighted by Crippen LogP contribution is -2.08. The maximum atomic E-state index is 6.50. The highest BCUT2D eigenvalue weighted by Crippen LogP contribution is 2.45. The fourth-order valence-corrected chi connectivity index (χ4v) is 18.7. The number of allylic oxidation sites excluding steroid dienone is 4. The lowest BCUT2D eigenvalue weighted by atomic mass is 10.1. The summed E-state index contributed by atoms with van der Waals surface area (Å²) in [7, 11) is 0. The number of fused-ring (bicyclic) bond motifs is 4. The van der Waals surface area contributed by atoms with Crippen LogP contribution in [0.5, 0.6) is 23.0 Å². The Morgan fingerprint density at radius 1 is 0.281 bits per heavy atom. The van der Waals surface area contributed by atoms with Crippen molar-refractivity contribution in [2.75, 3.05) is 26.4 Å². The highest BCUT2D eigenvalue weighted by atomic mass is 35.5. The maximum absolute atomic E-state index is 6.50. The zero-order chi connectivity index (χ0) is 89.6. The average molecular weight is 1960 g/mol. The average Bonchev–Trinajstić information content (AvgIpc) is 1.66. The van der Waals surface area contributed by atoms with Crippen molar-refractivity contribution in [1.82, 2.24) is 78.1 Å². The first-order valence-corrected chi connectivity index (χ1v) is 45.1. The second-order valence-electron chi connectivity index (χ2n) is 32.3. The van der Waals surface area contributed by atoms with E-state index in [2.05, 4.69) is 86.8 Å². The lowest BCUT2D eigenvalue weighted by molar-refractivity contribution is 0.254. The summed E-state index contributed by atoms with van der Waals surface area (Å²) in [6.07, 6.45) is 27.4. The van der Waals surface area contributed by atoms with Gasteiger partial charge < -0.3 is 54.6 Å². The molecular weight excluding hydrogens is 1880 g/mol. The summed E-state index contributed by atoms with van der Waals surface area (Å²) in [5.41, 5.74) is 15.8. The standard InChI is InChI=1S/4C23H19Cl3N4O2/c1-12-3-4-14(5-12)11-31-20-8-16(24)15(7-17(20)25)23-28-21(29-32-23)19-10-30-9-13(2)6-18(26)22(30)27-19;3*1-12-3-4-14(5-12)11-31-20-8-16(24)15(7-17(20)25)21-28-23(32-29-21)19-10-30-9-13(2)6-18(26)22(30)27-19/h4*6-10,14H,1,3-5,11H2,2H3/t3*14-;/m110./s1. The van der Waals surface area contributed by atoms with Gasteiger partial charge >= 0.3 is 0 Å². The first-order chi connectivity index (χ1) is 61.5. The van der Waals surface area contributed by atoms with E-state index in [0.29, 0.717) is 224 Å². The smallest absolute Gasteiger partial charge is 0.278 e. The number of ether oxygens (including phenoxy) is 4. The summed E-state index contributed by atoms with van der Waals surface area (Å²) in [6, 6.07) is 20.9. The van der Waals surface area contributed by atoms with Crippen molar-refractivity contribution in [3.63, 3.8) is 0 Å². The van der Waals surface area contributed by atoms with Gasteiger partial charge in [-0.3, -0.25) is 0 Å². The van der Waals surface area contributed by atoms with Gasteiger partial charge in [0.15, 0.2) is 22.6 Å². The minimum Gasteiger partial charge on any atom is -0.492 e. The molecule has 4 atom stereocenters. The Hall–Kier alpha value is -10.2. The molecule has 0 N–H and O–H groups in total. The molecule has 656 valence electrons. The van der Waals surface area contributed by atoms with Crippen molar-refractivity contribution in [3.05, 3.63) is 254 Å². The highest BCUT2D eigenvalue weighted by Gasteiger charge is 2.29. The Morgan fingerprint density at radius 3 is 0.805 bits per heavy atom. The molecule has 4 saturated carbocycles. The van der Waals surface area contributed by atoms with Crippen LogP contribution < -0.4 is 18.9 Å². The molecule has 12 aromatic heterocycles. The molecule has 4 aliphatic rings. The number of imidazole rings is 4. The number of aromatic nitrogens is 16. The van der Waals surface area contributed by atoms with Crippen LogP contribution in [0.3, 0.4) is 0 Å². The monoisotopic (exact) mass is 1950 g/mol. The predicted octanol–water partition coefficient (Wildman–Crippen LogP) is 28.2. The molecule has 20 rings (SSSR count). The molecule has 1 unspecified atom stereocenters. The highest BCUT2D eigenvalue weighted by molar-refractivity contribution is 6.39. The van der Waals surface area contributed by atoms with Crippen LogP contribution in [0.25, 0.3) is 114 Å². The van der Waals surface area contributed by atoms with Crippen molar-refractivity contribution in [3.8, 4) is 115 Å². The number of halogens is 12. The van der Waals surface area contributed by atoms with Gasteiger partial charge in [0.05, 0.1) is 92.3 Å². The number of benzene rings is 4. The van der Waals surface area contributed by atoms with Gasteiger partial charge in [-0.1, -0.05) is 208 Å². The van der Waals surface area contributed by atoms with Crippen molar-refractivity contribution in [2.24, 2.45) is 23.7 Å². The Balaban J connectivity index is 0.000000120. The Labute approximate surface area is 793 Å². The summed E-state index contributed by atoms with van der Waals surface area (Å²) in [6.45, 7) is 26.3. The number of aryl methyl sites for hydroxylation is 4. The van der Waals surface area contributed by atoms with E-state index in [9.17, 15) is 0 Å². The summed E-state index contributed by atoms with van der Waals surface area (Å²) in [5, 5.41) is 21.8. The van der Waals surface area contributed by atoms with E-state index in [1.54, 1.807) is 73.3 Å². The van der Waals surface area contributed by atoms with Crippen LogP contribution in [0.4, 0.5) is 0 Å². The van der Waals surface area contributed by atoms with Gasteiger partial charge in [0.1, 0.15) is 45.8 Å². The van der Waals surface area contributed by atoms with Crippen LogP contribution in [0, 0.1) is 51.4 Å². The fourth-order valence-electron chi connectivity index (χ4n) is 15.6.